The van der Waals surface area contributed by atoms with Gasteiger partial charge in [0.1, 0.15) is 13.2 Å². The van der Waals surface area contributed by atoms with E-state index in [9.17, 15) is 14.4 Å². The molecule has 0 radical (unpaired) electrons. The Bertz CT molecular complexity index is 1160. The lowest BCUT2D eigenvalue weighted by atomic mass is 10.1. The highest BCUT2D eigenvalue weighted by Gasteiger charge is 2.19. The third-order valence-electron chi connectivity index (χ3n) is 9.72. The van der Waals surface area contributed by atoms with Crippen LogP contribution in [0.5, 0.6) is 0 Å². The van der Waals surface area contributed by atoms with Gasteiger partial charge in [0.15, 0.2) is 6.10 Å². The summed E-state index contributed by atoms with van der Waals surface area (Å²) in [7, 11) is 0. The first-order valence-corrected chi connectivity index (χ1v) is 23.7. The fourth-order valence-electron chi connectivity index (χ4n) is 6.11. The summed E-state index contributed by atoms with van der Waals surface area (Å²) in [6.07, 6.45) is 58.5. The van der Waals surface area contributed by atoms with Gasteiger partial charge in [-0.2, -0.15) is 0 Å². The molecule has 330 valence electrons. The maximum absolute atomic E-state index is 12.7. The van der Waals surface area contributed by atoms with E-state index in [4.69, 9.17) is 14.2 Å². The number of carbonyl (C=O) groups excluding carboxylic acids is 3. The minimum Gasteiger partial charge on any atom is -0.462 e. The average molecular weight is 807 g/mol. The minimum atomic E-state index is -0.807. The molecule has 0 spiro atoms. The van der Waals surface area contributed by atoms with E-state index in [1.807, 2.05) is 6.08 Å². The Kier molecular flexibility index (Phi) is 43.6. The van der Waals surface area contributed by atoms with E-state index in [0.717, 1.165) is 109 Å². The van der Waals surface area contributed by atoms with Crippen molar-refractivity contribution in [3.8, 4) is 0 Å². The van der Waals surface area contributed by atoms with Gasteiger partial charge in [0.05, 0.1) is 0 Å². The van der Waals surface area contributed by atoms with Gasteiger partial charge in [-0.1, -0.05) is 189 Å². The second-order valence-electron chi connectivity index (χ2n) is 15.4. The monoisotopic (exact) mass is 807 g/mol. The molecule has 1 unspecified atom stereocenters. The van der Waals surface area contributed by atoms with Gasteiger partial charge in [-0.25, -0.2) is 0 Å². The van der Waals surface area contributed by atoms with E-state index in [1.165, 1.54) is 57.8 Å². The number of unbranched alkanes of at least 4 members (excludes halogenated alkanes) is 20. The highest BCUT2D eigenvalue weighted by atomic mass is 16.6. The molecule has 0 aliphatic heterocycles. The van der Waals surface area contributed by atoms with Crippen LogP contribution in [0.2, 0.25) is 0 Å². The molecular weight excluding hydrogens is 721 g/mol. The summed E-state index contributed by atoms with van der Waals surface area (Å²) < 4.78 is 16.7. The van der Waals surface area contributed by atoms with Gasteiger partial charge in [0, 0.05) is 19.3 Å². The molecular formula is C52H86O6. The van der Waals surface area contributed by atoms with Gasteiger partial charge >= 0.3 is 17.9 Å². The van der Waals surface area contributed by atoms with Gasteiger partial charge in [-0.15, -0.1) is 0 Å². The number of rotatable bonds is 41. The number of allylic oxidation sites excluding steroid dienone is 14. The van der Waals surface area contributed by atoms with E-state index in [0.29, 0.717) is 19.3 Å². The Morgan fingerprint density at radius 1 is 0.362 bits per heavy atom. The van der Waals surface area contributed by atoms with Crippen molar-refractivity contribution in [3.63, 3.8) is 0 Å². The predicted molar refractivity (Wildman–Crippen MR) is 247 cm³/mol. The molecule has 0 fully saturated rings. The van der Waals surface area contributed by atoms with Crippen LogP contribution in [0.3, 0.4) is 0 Å². The Labute approximate surface area is 356 Å². The Morgan fingerprint density at radius 3 is 1.12 bits per heavy atom. The molecule has 0 aliphatic rings. The van der Waals surface area contributed by atoms with Crippen LogP contribution in [0.4, 0.5) is 0 Å². The number of ether oxygens (including phenoxy) is 3. The van der Waals surface area contributed by atoms with Crippen LogP contribution in [0.25, 0.3) is 0 Å². The van der Waals surface area contributed by atoms with Gasteiger partial charge in [-0.3, -0.25) is 14.4 Å². The zero-order valence-corrected chi connectivity index (χ0v) is 37.5. The molecule has 0 aromatic carbocycles. The first-order valence-electron chi connectivity index (χ1n) is 23.7. The summed E-state index contributed by atoms with van der Waals surface area (Å²) >= 11 is 0. The fraction of sp³-hybridized carbons (Fsp3) is 0.673. The van der Waals surface area contributed by atoms with Crippen LogP contribution in [0, 0.1) is 0 Å². The van der Waals surface area contributed by atoms with Crippen molar-refractivity contribution in [2.24, 2.45) is 0 Å². The first kappa shape index (κ1) is 54.6. The summed E-state index contributed by atoms with van der Waals surface area (Å²) in [5, 5.41) is 0. The molecule has 0 aromatic heterocycles. The molecule has 0 saturated heterocycles. The summed E-state index contributed by atoms with van der Waals surface area (Å²) in [5.41, 5.74) is 0. The molecule has 0 rings (SSSR count). The van der Waals surface area contributed by atoms with Gasteiger partial charge in [0.25, 0.3) is 0 Å². The molecule has 0 heterocycles. The first-order chi connectivity index (χ1) is 28.5. The predicted octanol–water partition coefficient (Wildman–Crippen LogP) is 15.3. The van der Waals surface area contributed by atoms with Crippen molar-refractivity contribution in [3.05, 3.63) is 85.1 Å². The zero-order chi connectivity index (χ0) is 42.3. The summed E-state index contributed by atoms with van der Waals surface area (Å²) in [4.78, 5) is 37.8. The molecule has 0 amide bonds. The van der Waals surface area contributed by atoms with Crippen LogP contribution >= 0.6 is 0 Å². The third-order valence-corrected chi connectivity index (χ3v) is 9.72. The summed E-state index contributed by atoms with van der Waals surface area (Å²) in [6, 6.07) is 0. The van der Waals surface area contributed by atoms with Gasteiger partial charge < -0.3 is 14.2 Å². The van der Waals surface area contributed by atoms with E-state index < -0.39 is 6.10 Å². The Morgan fingerprint density at radius 2 is 0.690 bits per heavy atom. The standard InChI is InChI=1S/C52H86O6/c1-4-7-10-13-16-19-22-24-25-26-28-30-33-36-39-42-45-51(54)57-48-49(47-56-50(53)44-41-38-35-32-29-21-18-15-12-9-6-3)58-52(55)46-43-40-37-34-31-27-23-20-17-14-11-8-5-2/h8,11,14-15,17-18,20-21,23,25-26,28-30,49H,4-7,9-10,12-13,16,19,22,24,27,31-48H2,1-3H3/b11-8-,17-14-,18-15-,23-20-,26-25-,29-21-,30-28-. The lowest BCUT2D eigenvalue weighted by Crippen LogP contribution is -2.30. The average Bonchev–Trinajstić information content (AvgIpc) is 3.22. The SMILES string of the molecule is CC\C=C/C=C\C=C/CCCCCCCC(=O)OC(COC(=O)CCCCC/C=C\C=C/CCCC)COC(=O)CCCCC/C=C\C=C/CCCCCCCCC. The van der Waals surface area contributed by atoms with E-state index in [2.05, 4.69) is 99.8 Å². The maximum atomic E-state index is 12.7. The number of carbonyl (C=O) groups is 3. The Hall–Kier alpha value is -3.41. The van der Waals surface area contributed by atoms with Gasteiger partial charge in [-0.05, 0) is 83.5 Å². The van der Waals surface area contributed by atoms with Crippen molar-refractivity contribution >= 4 is 17.9 Å². The second kappa shape index (κ2) is 46.3. The van der Waals surface area contributed by atoms with Crippen LogP contribution in [-0.2, 0) is 28.6 Å². The highest BCUT2D eigenvalue weighted by Crippen LogP contribution is 2.12. The normalized spacial score (nSPS) is 12.8. The quantitative estimate of drug-likeness (QED) is 0.0265. The Balaban J connectivity index is 4.49. The van der Waals surface area contributed by atoms with E-state index >= 15 is 0 Å². The number of esters is 3. The van der Waals surface area contributed by atoms with Crippen LogP contribution < -0.4 is 0 Å². The van der Waals surface area contributed by atoms with Crippen molar-refractivity contribution in [1.29, 1.82) is 0 Å². The van der Waals surface area contributed by atoms with E-state index in [1.54, 1.807) is 0 Å². The molecule has 0 N–H and O–H groups in total. The fourth-order valence-corrected chi connectivity index (χ4v) is 6.11. The second-order valence-corrected chi connectivity index (χ2v) is 15.4. The molecule has 6 heteroatoms. The van der Waals surface area contributed by atoms with Crippen molar-refractivity contribution in [2.75, 3.05) is 13.2 Å². The molecule has 58 heavy (non-hydrogen) atoms. The molecule has 0 bridgehead atoms. The topological polar surface area (TPSA) is 78.9 Å². The largest absolute Gasteiger partial charge is 0.462 e. The lowest BCUT2D eigenvalue weighted by molar-refractivity contribution is -0.167. The smallest absolute Gasteiger partial charge is 0.306 e. The van der Waals surface area contributed by atoms with Crippen molar-refractivity contribution in [2.45, 2.75) is 213 Å². The molecule has 0 aromatic rings. The van der Waals surface area contributed by atoms with E-state index in [-0.39, 0.29) is 31.1 Å². The lowest BCUT2D eigenvalue weighted by Gasteiger charge is -2.18. The number of hydrogen-bond acceptors (Lipinski definition) is 6. The maximum Gasteiger partial charge on any atom is 0.306 e. The van der Waals surface area contributed by atoms with Crippen LogP contribution in [-0.4, -0.2) is 37.2 Å². The highest BCUT2D eigenvalue weighted by molar-refractivity contribution is 5.71. The summed E-state index contributed by atoms with van der Waals surface area (Å²) in [5.74, 6) is -0.988. The third kappa shape index (κ3) is 43.7. The number of hydrogen-bond donors (Lipinski definition) is 0. The molecule has 1 atom stereocenters. The molecule has 0 saturated carbocycles. The van der Waals surface area contributed by atoms with Crippen LogP contribution in [0.15, 0.2) is 85.1 Å². The molecule has 0 aliphatic carbocycles. The van der Waals surface area contributed by atoms with Crippen LogP contribution in [0.1, 0.15) is 207 Å². The van der Waals surface area contributed by atoms with Crippen molar-refractivity contribution in [1.82, 2.24) is 0 Å². The van der Waals surface area contributed by atoms with Crippen molar-refractivity contribution < 1.29 is 28.6 Å². The molecule has 6 nitrogen and oxygen atoms in total. The minimum absolute atomic E-state index is 0.109. The van der Waals surface area contributed by atoms with Gasteiger partial charge in [0.2, 0.25) is 0 Å². The summed E-state index contributed by atoms with van der Waals surface area (Å²) in [6.45, 7) is 6.36. The zero-order valence-electron chi connectivity index (χ0n) is 37.5.